The quantitative estimate of drug-likeness (QED) is 0.0356. The number of rotatable bonds is 21. The Morgan fingerprint density at radius 1 is 0.925 bits per heavy atom. The normalized spacial score (nSPS) is 16.7. The highest BCUT2D eigenvalue weighted by Crippen LogP contribution is 2.22. The van der Waals surface area contributed by atoms with Gasteiger partial charge in [-0.05, 0) is 32.0 Å². The lowest BCUT2D eigenvalue weighted by Crippen LogP contribution is -2.53. The molecule has 8 atom stereocenters. The van der Waals surface area contributed by atoms with Crippen LogP contribution in [0.15, 0.2) is 30.5 Å². The van der Waals surface area contributed by atoms with Crippen LogP contribution in [0, 0.1) is 0 Å². The zero-order chi connectivity index (χ0) is 39.0. The van der Waals surface area contributed by atoms with Crippen molar-refractivity contribution in [3.63, 3.8) is 0 Å². The van der Waals surface area contributed by atoms with Crippen molar-refractivity contribution in [1.29, 1.82) is 0 Å². The Morgan fingerprint density at radius 3 is 2.09 bits per heavy atom. The van der Waals surface area contributed by atoms with E-state index in [9.17, 15) is 45.6 Å². The molecule has 14 N–H and O–H groups in total. The van der Waals surface area contributed by atoms with Crippen molar-refractivity contribution in [2.24, 2.45) is 0 Å². The van der Waals surface area contributed by atoms with E-state index in [0.717, 1.165) is 16.9 Å². The van der Waals surface area contributed by atoms with E-state index in [-0.39, 0.29) is 31.2 Å². The Kier molecular flexibility index (Phi) is 14.8. The summed E-state index contributed by atoms with van der Waals surface area (Å²) < 4.78 is 10.1. The molecule has 4 rings (SSSR count). The predicted octanol–water partition coefficient (Wildman–Crippen LogP) is -4.70. The minimum absolute atomic E-state index is 0.00551. The van der Waals surface area contributed by atoms with Gasteiger partial charge in [0.05, 0.1) is 38.5 Å². The van der Waals surface area contributed by atoms with Crippen LogP contribution in [0.3, 0.4) is 0 Å². The first-order chi connectivity index (χ1) is 25.3. The van der Waals surface area contributed by atoms with Gasteiger partial charge in [0.2, 0.25) is 0 Å². The standard InChI is InChI=1S/C33H50N8O12/c1-3-40-19-6-5-17(11-20(19)41(4-2)25(40)12-36-33(52)26-31(34)38-32-18(37-26)7-8-35-32)53-10-9-39(13-21(44)27(48)29(50)23(46)15-42)14-22(45)28(49)30(51)24(47)16-43/h5-8,11,21-24,27-30,42-51H,3-4,9-10,12-16H2,1-2H3,(H3-,34,35,36,37,38,52)/p+1/t21-,22-,23+,24+,27+,28+,29+,30+/m0/s1. The van der Waals surface area contributed by atoms with Gasteiger partial charge < -0.3 is 71.8 Å². The molecule has 4 aromatic rings. The molecule has 294 valence electrons. The van der Waals surface area contributed by atoms with Gasteiger partial charge in [-0.2, -0.15) is 0 Å². The molecule has 3 aromatic heterocycles. The predicted molar refractivity (Wildman–Crippen MR) is 187 cm³/mol. The number of nitrogens with one attached hydrogen (secondary N) is 2. The van der Waals surface area contributed by atoms with Gasteiger partial charge >= 0.3 is 0 Å². The van der Waals surface area contributed by atoms with Crippen LogP contribution in [0.2, 0.25) is 0 Å². The molecule has 1 amide bonds. The average molecular weight is 752 g/mol. The number of aromatic amines is 1. The van der Waals surface area contributed by atoms with Crippen molar-refractivity contribution < 1.29 is 65.2 Å². The Bertz CT molecular complexity index is 1760. The van der Waals surface area contributed by atoms with Crippen molar-refractivity contribution >= 4 is 33.9 Å². The maximum absolute atomic E-state index is 13.1. The third-order valence-corrected chi connectivity index (χ3v) is 9.03. The van der Waals surface area contributed by atoms with Crippen molar-refractivity contribution in [3.8, 4) is 5.75 Å². The average Bonchev–Trinajstić information content (AvgIpc) is 3.74. The number of nitrogens with zero attached hydrogens (tertiary/aromatic N) is 5. The summed E-state index contributed by atoms with van der Waals surface area (Å²) >= 11 is 0. The van der Waals surface area contributed by atoms with Crippen LogP contribution < -0.4 is 20.4 Å². The monoisotopic (exact) mass is 751 g/mol. The van der Waals surface area contributed by atoms with Gasteiger partial charge in [-0.1, -0.05) is 0 Å². The summed E-state index contributed by atoms with van der Waals surface area (Å²) in [5.74, 6) is 0.731. The molecule has 0 bridgehead atoms. The van der Waals surface area contributed by atoms with E-state index in [1.54, 1.807) is 24.4 Å². The lowest BCUT2D eigenvalue weighted by atomic mass is 10.0. The first-order valence-electron chi connectivity index (χ1n) is 17.2. The molecular formula is C33H51N8O12+. The topological polar surface area (TPSA) is 320 Å². The molecule has 0 aliphatic rings. The molecule has 0 radical (unpaired) electrons. The first kappa shape index (κ1) is 41.7. The number of imidazole rings is 1. The third kappa shape index (κ3) is 9.74. The molecule has 3 heterocycles. The van der Waals surface area contributed by atoms with E-state index < -0.39 is 81.0 Å². The molecule has 1 aromatic carbocycles. The minimum atomic E-state index is -1.91. The van der Waals surface area contributed by atoms with Gasteiger partial charge in [-0.3, -0.25) is 9.69 Å². The van der Waals surface area contributed by atoms with E-state index in [1.807, 2.05) is 29.0 Å². The van der Waals surface area contributed by atoms with Gasteiger partial charge in [0.15, 0.2) is 28.2 Å². The number of carbonyl (C=O) groups is 1. The molecule has 0 saturated heterocycles. The minimum Gasteiger partial charge on any atom is -0.492 e. The number of ether oxygens (including phenoxy) is 1. The summed E-state index contributed by atoms with van der Waals surface area (Å²) in [4.78, 5) is 25.9. The number of anilines is 1. The molecule has 20 heteroatoms. The van der Waals surface area contributed by atoms with Crippen LogP contribution in [-0.4, -0.2) is 170 Å². The van der Waals surface area contributed by atoms with Crippen molar-refractivity contribution in [2.45, 2.75) is 82.3 Å². The first-order valence-corrected chi connectivity index (χ1v) is 17.2. The largest absolute Gasteiger partial charge is 0.492 e. The second-order valence-electron chi connectivity index (χ2n) is 12.6. The summed E-state index contributed by atoms with van der Waals surface area (Å²) in [5.41, 5.74) is 8.65. The van der Waals surface area contributed by atoms with Gasteiger partial charge in [-0.25, -0.2) is 19.1 Å². The number of hydrogen-bond donors (Lipinski definition) is 13. The Balaban J connectivity index is 1.49. The second-order valence-corrected chi connectivity index (χ2v) is 12.6. The van der Waals surface area contributed by atoms with E-state index in [2.05, 4.69) is 20.3 Å². The molecule has 0 unspecified atom stereocenters. The van der Waals surface area contributed by atoms with Crippen LogP contribution in [0.1, 0.15) is 30.2 Å². The molecule has 0 spiro atoms. The van der Waals surface area contributed by atoms with E-state index in [4.69, 9.17) is 20.7 Å². The number of aromatic nitrogens is 5. The van der Waals surface area contributed by atoms with Crippen LogP contribution in [-0.2, 0) is 19.6 Å². The number of nitrogen functional groups attached to an aromatic ring is 1. The lowest BCUT2D eigenvalue weighted by Gasteiger charge is -2.33. The number of hydrogen-bond acceptors (Lipinski definition) is 16. The summed E-state index contributed by atoms with van der Waals surface area (Å²) in [6.45, 7) is 2.47. The molecule has 53 heavy (non-hydrogen) atoms. The fourth-order valence-corrected chi connectivity index (χ4v) is 6.07. The Hall–Kier alpha value is -4.06. The maximum Gasteiger partial charge on any atom is 0.277 e. The van der Waals surface area contributed by atoms with Gasteiger partial charge in [0.1, 0.15) is 61.0 Å². The number of benzene rings is 1. The van der Waals surface area contributed by atoms with Crippen LogP contribution in [0.5, 0.6) is 5.75 Å². The Labute approximate surface area is 304 Å². The fourth-order valence-electron chi connectivity index (χ4n) is 6.07. The zero-order valence-electron chi connectivity index (χ0n) is 29.5. The number of aliphatic hydroxyl groups is 10. The number of nitrogens with two attached hydrogens (primary N) is 1. The van der Waals surface area contributed by atoms with Crippen molar-refractivity contribution in [3.05, 3.63) is 42.0 Å². The van der Waals surface area contributed by atoms with E-state index >= 15 is 0 Å². The van der Waals surface area contributed by atoms with Crippen molar-refractivity contribution in [2.75, 3.05) is 45.2 Å². The highest BCUT2D eigenvalue weighted by atomic mass is 16.5. The molecule has 0 saturated carbocycles. The molecule has 0 fully saturated rings. The smallest absolute Gasteiger partial charge is 0.277 e. The highest BCUT2D eigenvalue weighted by molar-refractivity contribution is 5.98. The lowest BCUT2D eigenvalue weighted by molar-refractivity contribution is -0.676. The number of aliphatic hydroxyl groups excluding tert-OH is 10. The summed E-state index contributed by atoms with van der Waals surface area (Å²) in [6.07, 6.45) is -12.9. The van der Waals surface area contributed by atoms with Crippen LogP contribution in [0.25, 0.3) is 22.2 Å². The number of carbonyl (C=O) groups excluding carboxylic acids is 1. The maximum atomic E-state index is 13.1. The summed E-state index contributed by atoms with van der Waals surface area (Å²) in [7, 11) is 0. The molecular weight excluding hydrogens is 700 g/mol. The van der Waals surface area contributed by atoms with Gasteiger partial charge in [-0.15, -0.1) is 0 Å². The number of aryl methyl sites for hydroxylation is 2. The number of fused-ring (bicyclic) bond motifs is 2. The van der Waals surface area contributed by atoms with E-state index in [1.165, 1.54) is 4.90 Å². The van der Waals surface area contributed by atoms with Crippen LogP contribution in [0.4, 0.5) is 5.82 Å². The van der Waals surface area contributed by atoms with Crippen LogP contribution >= 0.6 is 0 Å². The summed E-state index contributed by atoms with van der Waals surface area (Å²) in [6, 6.07) is 7.09. The SMILES string of the molecule is CCn1c(CNC(=O)c2nc3cc[nH]c3nc2N)[n+](CC)c2cc(OCCN(C[C@H](O)[C@@H](O)[C@H](O)[C@H](O)CO)C[C@H](O)[C@@H](O)[C@H](O)[C@H](O)CO)ccc21. The molecule has 20 nitrogen and oxygen atoms in total. The zero-order valence-corrected chi connectivity index (χ0v) is 29.5. The highest BCUT2D eigenvalue weighted by Gasteiger charge is 2.34. The number of H-pyrrole nitrogens is 1. The van der Waals surface area contributed by atoms with Gasteiger partial charge in [0, 0.05) is 31.9 Å². The van der Waals surface area contributed by atoms with Gasteiger partial charge in [0.25, 0.3) is 11.7 Å². The second kappa shape index (κ2) is 18.8. The molecule has 0 aliphatic carbocycles. The fraction of sp³-hybridized carbons (Fsp3) is 0.576. The summed E-state index contributed by atoms with van der Waals surface area (Å²) in [5, 5.41) is 103. The molecule has 0 aliphatic heterocycles. The third-order valence-electron chi connectivity index (χ3n) is 9.03. The Morgan fingerprint density at radius 2 is 1.53 bits per heavy atom. The van der Waals surface area contributed by atoms with E-state index in [0.29, 0.717) is 30.0 Å². The number of amides is 1. The van der Waals surface area contributed by atoms with Crippen molar-refractivity contribution in [1.82, 2.24) is 29.7 Å².